The van der Waals surface area contributed by atoms with Gasteiger partial charge in [0.05, 0.1) is 22.5 Å². The number of nitrogens with one attached hydrogen (secondary N) is 1. The zero-order chi connectivity index (χ0) is 29.3. The molecule has 11 heteroatoms. The summed E-state index contributed by atoms with van der Waals surface area (Å²) >= 11 is 0. The Morgan fingerprint density at radius 3 is 2.33 bits per heavy atom. The van der Waals surface area contributed by atoms with Gasteiger partial charge in [-0.2, -0.15) is 0 Å². The molecule has 0 saturated heterocycles. The zero-order valence-electron chi connectivity index (χ0n) is 23.2. The van der Waals surface area contributed by atoms with Crippen molar-refractivity contribution in [2.45, 2.75) is 50.7 Å². The SMILES string of the molecule is CNC(=O)C1(COc2ccc(S(=O)(=O)n3cc(CN(C)C(=O)OC(C)(C)C)cc3-c3ccccc3F)cc2)CC1. The third-order valence-corrected chi connectivity index (χ3v) is 8.26. The molecule has 0 bridgehead atoms. The number of halogens is 1. The average Bonchev–Trinajstić information content (AvgIpc) is 3.58. The second-order valence-corrected chi connectivity index (χ2v) is 12.8. The van der Waals surface area contributed by atoms with Crippen LogP contribution in [0, 0.1) is 11.2 Å². The van der Waals surface area contributed by atoms with Crippen LogP contribution in [-0.4, -0.2) is 55.6 Å². The normalized spacial score (nSPS) is 14.3. The van der Waals surface area contributed by atoms with Gasteiger partial charge in [-0.3, -0.25) is 4.79 Å². The van der Waals surface area contributed by atoms with E-state index in [-0.39, 0.29) is 35.2 Å². The van der Waals surface area contributed by atoms with Gasteiger partial charge in [-0.05, 0) is 81.6 Å². The molecule has 1 aliphatic carbocycles. The lowest BCUT2D eigenvalue weighted by Gasteiger charge is -2.24. The molecule has 1 aromatic heterocycles. The van der Waals surface area contributed by atoms with Gasteiger partial charge in [0.25, 0.3) is 10.0 Å². The monoisotopic (exact) mass is 571 g/mol. The Morgan fingerprint density at radius 2 is 1.75 bits per heavy atom. The molecule has 2 amide bonds. The van der Waals surface area contributed by atoms with Crippen LogP contribution >= 0.6 is 0 Å². The predicted molar refractivity (Wildman–Crippen MR) is 148 cm³/mol. The third-order valence-electron chi connectivity index (χ3n) is 6.58. The predicted octanol–water partition coefficient (Wildman–Crippen LogP) is 4.80. The molecule has 0 atom stereocenters. The van der Waals surface area contributed by atoms with Crippen molar-refractivity contribution in [3.8, 4) is 17.0 Å². The van der Waals surface area contributed by atoms with Crippen LogP contribution in [0.2, 0.25) is 0 Å². The van der Waals surface area contributed by atoms with E-state index in [0.29, 0.717) is 11.3 Å². The lowest BCUT2D eigenvalue weighted by Crippen LogP contribution is -2.33. The Balaban J connectivity index is 1.62. The molecule has 214 valence electrons. The molecular weight excluding hydrogens is 537 g/mol. The van der Waals surface area contributed by atoms with Crippen molar-refractivity contribution >= 4 is 22.0 Å². The summed E-state index contributed by atoms with van der Waals surface area (Å²) in [5.41, 5.74) is -0.550. The summed E-state index contributed by atoms with van der Waals surface area (Å²) in [5, 5.41) is 2.65. The highest BCUT2D eigenvalue weighted by Gasteiger charge is 2.50. The molecule has 1 heterocycles. The van der Waals surface area contributed by atoms with E-state index in [4.69, 9.17) is 9.47 Å². The maximum Gasteiger partial charge on any atom is 0.410 e. The Morgan fingerprint density at radius 1 is 1.10 bits per heavy atom. The number of amides is 2. The highest BCUT2D eigenvalue weighted by molar-refractivity contribution is 7.90. The Kier molecular flexibility index (Phi) is 7.98. The minimum atomic E-state index is -4.17. The van der Waals surface area contributed by atoms with Crippen molar-refractivity contribution in [2.24, 2.45) is 5.41 Å². The van der Waals surface area contributed by atoms with E-state index in [9.17, 15) is 22.4 Å². The number of carbonyl (C=O) groups is 2. The smallest absolute Gasteiger partial charge is 0.410 e. The molecule has 9 nitrogen and oxygen atoms in total. The van der Waals surface area contributed by atoms with Crippen LogP contribution in [-0.2, 0) is 26.1 Å². The Labute approximate surface area is 233 Å². The summed E-state index contributed by atoms with van der Waals surface area (Å²) in [6, 6.07) is 13.3. The van der Waals surface area contributed by atoms with E-state index < -0.39 is 32.9 Å². The first kappa shape index (κ1) is 29.1. The van der Waals surface area contributed by atoms with Crippen molar-refractivity contribution < 1.29 is 31.9 Å². The molecule has 4 rings (SSSR count). The van der Waals surface area contributed by atoms with E-state index in [0.717, 1.165) is 16.8 Å². The fraction of sp³-hybridized carbons (Fsp3) is 0.379. The number of aromatic nitrogens is 1. The van der Waals surface area contributed by atoms with Crippen LogP contribution in [0.25, 0.3) is 11.3 Å². The minimum Gasteiger partial charge on any atom is -0.492 e. The second-order valence-electron chi connectivity index (χ2n) is 11.0. The number of carbonyl (C=O) groups excluding carboxylic acids is 2. The first-order chi connectivity index (χ1) is 18.8. The van der Waals surface area contributed by atoms with Gasteiger partial charge in [0.1, 0.15) is 23.8 Å². The van der Waals surface area contributed by atoms with Crippen LogP contribution < -0.4 is 10.1 Å². The molecule has 1 N–H and O–H groups in total. The summed E-state index contributed by atoms with van der Waals surface area (Å²) in [6.45, 7) is 5.49. The summed E-state index contributed by atoms with van der Waals surface area (Å²) in [6.07, 6.45) is 2.27. The summed E-state index contributed by atoms with van der Waals surface area (Å²) in [7, 11) is -1.05. The van der Waals surface area contributed by atoms with Crippen molar-refractivity contribution in [2.75, 3.05) is 20.7 Å². The second kappa shape index (κ2) is 11.0. The molecule has 2 aromatic carbocycles. The average molecular weight is 572 g/mol. The van der Waals surface area contributed by atoms with E-state index in [1.165, 1.54) is 60.6 Å². The molecule has 0 aliphatic heterocycles. The van der Waals surface area contributed by atoms with Gasteiger partial charge in [0, 0.05) is 25.9 Å². The van der Waals surface area contributed by atoms with Crippen LogP contribution in [0.3, 0.4) is 0 Å². The number of rotatable bonds is 9. The first-order valence-electron chi connectivity index (χ1n) is 12.9. The summed E-state index contributed by atoms with van der Waals surface area (Å²) in [4.78, 5) is 25.8. The van der Waals surface area contributed by atoms with Crippen LogP contribution in [0.15, 0.2) is 65.7 Å². The molecule has 40 heavy (non-hydrogen) atoms. The van der Waals surface area contributed by atoms with Crippen molar-refractivity contribution in [3.05, 3.63) is 72.2 Å². The van der Waals surface area contributed by atoms with Gasteiger partial charge in [0.2, 0.25) is 5.91 Å². The molecule has 1 saturated carbocycles. The fourth-order valence-electron chi connectivity index (χ4n) is 4.22. The van der Waals surface area contributed by atoms with Crippen molar-refractivity contribution in [3.63, 3.8) is 0 Å². The highest BCUT2D eigenvalue weighted by Crippen LogP contribution is 2.46. The zero-order valence-corrected chi connectivity index (χ0v) is 24.0. The largest absolute Gasteiger partial charge is 0.492 e. The maximum absolute atomic E-state index is 14.8. The lowest BCUT2D eigenvalue weighted by molar-refractivity contribution is -0.126. The van der Waals surface area contributed by atoms with Crippen molar-refractivity contribution in [1.29, 1.82) is 0 Å². The van der Waals surface area contributed by atoms with Crippen LogP contribution in [0.1, 0.15) is 39.2 Å². The highest BCUT2D eigenvalue weighted by atomic mass is 32.2. The molecular formula is C29H34FN3O6S. The minimum absolute atomic E-state index is 0.0347. The quantitative estimate of drug-likeness (QED) is 0.395. The number of hydrogen-bond acceptors (Lipinski definition) is 6. The third kappa shape index (κ3) is 6.30. The summed E-state index contributed by atoms with van der Waals surface area (Å²) < 4.78 is 54.5. The first-order valence-corrected chi connectivity index (χ1v) is 14.3. The van der Waals surface area contributed by atoms with Gasteiger partial charge >= 0.3 is 6.09 Å². The van der Waals surface area contributed by atoms with E-state index in [2.05, 4.69) is 5.32 Å². The van der Waals surface area contributed by atoms with Gasteiger partial charge in [0.15, 0.2) is 0 Å². The van der Waals surface area contributed by atoms with Gasteiger partial charge in [-0.15, -0.1) is 0 Å². The maximum atomic E-state index is 14.8. The van der Waals surface area contributed by atoms with Gasteiger partial charge in [-0.25, -0.2) is 21.6 Å². The molecule has 0 radical (unpaired) electrons. The molecule has 0 unspecified atom stereocenters. The Hall–Kier alpha value is -3.86. The molecule has 0 spiro atoms. The number of ether oxygens (including phenoxy) is 2. The van der Waals surface area contributed by atoms with Gasteiger partial charge in [-0.1, -0.05) is 12.1 Å². The fourth-order valence-corrected chi connectivity index (χ4v) is 5.61. The number of nitrogens with zero attached hydrogens (tertiary/aromatic N) is 2. The number of hydrogen-bond donors (Lipinski definition) is 1. The molecule has 3 aromatic rings. The Bertz CT molecular complexity index is 1510. The van der Waals surface area contributed by atoms with Crippen LogP contribution in [0.4, 0.5) is 9.18 Å². The molecule has 1 aliphatic rings. The van der Waals surface area contributed by atoms with E-state index in [1.54, 1.807) is 40.0 Å². The van der Waals surface area contributed by atoms with Crippen molar-refractivity contribution in [1.82, 2.24) is 14.2 Å². The standard InChI is InChI=1S/C29H34FN3O6S/c1-28(2,3)39-27(35)32(5)17-20-16-25(23-8-6-7-9-24(23)30)33(18-20)40(36,37)22-12-10-21(11-13-22)38-19-29(14-15-29)26(34)31-4/h6-13,16,18H,14-15,17,19H2,1-5H3,(H,31,34). The van der Waals surface area contributed by atoms with E-state index in [1.807, 2.05) is 0 Å². The topological polar surface area (TPSA) is 107 Å². The lowest BCUT2D eigenvalue weighted by atomic mass is 10.1. The van der Waals surface area contributed by atoms with Crippen LogP contribution in [0.5, 0.6) is 5.75 Å². The summed E-state index contributed by atoms with van der Waals surface area (Å²) in [5.74, 6) is -0.235. The van der Waals surface area contributed by atoms with E-state index >= 15 is 0 Å². The number of benzene rings is 2. The molecule has 1 fully saturated rings. The van der Waals surface area contributed by atoms with Gasteiger partial charge < -0.3 is 19.7 Å².